The highest BCUT2D eigenvalue weighted by Gasteiger charge is 2.49. The van der Waals surface area contributed by atoms with Gasteiger partial charge in [-0.3, -0.25) is 0 Å². The fourth-order valence-electron chi connectivity index (χ4n) is 4.04. The molecule has 0 bridgehead atoms. The lowest BCUT2D eigenvalue weighted by Crippen LogP contribution is -2.51. The van der Waals surface area contributed by atoms with Gasteiger partial charge < -0.3 is 10.2 Å². The molecule has 0 saturated heterocycles. The number of aryl methyl sites for hydroxylation is 1. The molecule has 2 nitrogen and oxygen atoms in total. The van der Waals surface area contributed by atoms with Crippen molar-refractivity contribution in [3.63, 3.8) is 0 Å². The molecule has 20 heavy (non-hydrogen) atoms. The van der Waals surface area contributed by atoms with Gasteiger partial charge in [0, 0.05) is 23.8 Å². The van der Waals surface area contributed by atoms with Crippen LogP contribution < -0.4 is 10.2 Å². The summed E-state index contributed by atoms with van der Waals surface area (Å²) in [6.45, 7) is 4.58. The number of nitrogens with one attached hydrogen (secondary N) is 1. The van der Waals surface area contributed by atoms with Crippen molar-refractivity contribution in [2.45, 2.75) is 31.8 Å². The highest BCUT2D eigenvalue weighted by molar-refractivity contribution is 5.71. The molecule has 2 aromatic carbocycles. The first-order valence-corrected chi connectivity index (χ1v) is 7.28. The molecule has 102 valence electrons. The molecule has 1 N–H and O–H groups in total. The van der Waals surface area contributed by atoms with E-state index in [0.717, 1.165) is 6.42 Å². The fraction of sp³-hybridized carbons (Fsp3) is 0.333. The topological polar surface area (TPSA) is 15.3 Å². The van der Waals surface area contributed by atoms with E-state index in [1.54, 1.807) is 0 Å². The molecule has 0 aromatic heterocycles. The van der Waals surface area contributed by atoms with Gasteiger partial charge in [0.25, 0.3) is 0 Å². The summed E-state index contributed by atoms with van der Waals surface area (Å²) in [5.74, 6) is 0. The zero-order chi connectivity index (χ0) is 13.9. The Kier molecular flexibility index (Phi) is 2.24. The minimum atomic E-state index is 0.145. The van der Waals surface area contributed by atoms with Crippen molar-refractivity contribution in [2.24, 2.45) is 0 Å². The van der Waals surface area contributed by atoms with Crippen molar-refractivity contribution in [2.75, 3.05) is 17.3 Å². The predicted molar refractivity (Wildman–Crippen MR) is 84.5 cm³/mol. The smallest absolute Gasteiger partial charge is 0.109 e. The van der Waals surface area contributed by atoms with Crippen LogP contribution in [-0.2, 0) is 11.8 Å². The second-order valence-corrected chi connectivity index (χ2v) is 6.38. The van der Waals surface area contributed by atoms with Crippen LogP contribution >= 0.6 is 0 Å². The molecule has 0 amide bonds. The van der Waals surface area contributed by atoms with Crippen LogP contribution in [0.4, 0.5) is 11.4 Å². The first kappa shape index (κ1) is 11.8. The lowest BCUT2D eigenvalue weighted by Gasteiger charge is -2.42. The molecule has 4 rings (SSSR count). The minimum absolute atomic E-state index is 0.145. The number of hydrogen-bond acceptors (Lipinski definition) is 2. The third-order valence-corrected chi connectivity index (χ3v) is 5.09. The van der Waals surface area contributed by atoms with E-state index in [4.69, 9.17) is 0 Å². The van der Waals surface area contributed by atoms with Gasteiger partial charge in [-0.1, -0.05) is 43.3 Å². The largest absolute Gasteiger partial charge is 0.364 e. The molecular formula is C18H20N2. The second kappa shape index (κ2) is 3.78. The average Bonchev–Trinajstić information content (AvgIpc) is 2.67. The summed E-state index contributed by atoms with van der Waals surface area (Å²) in [5.41, 5.74) is 7.08. The van der Waals surface area contributed by atoms with E-state index in [1.807, 2.05) is 0 Å². The molecular weight excluding hydrogens is 244 g/mol. The Bertz CT molecular complexity index is 692. The minimum Gasteiger partial charge on any atom is -0.364 e. The van der Waals surface area contributed by atoms with Crippen LogP contribution in [0.5, 0.6) is 0 Å². The van der Waals surface area contributed by atoms with E-state index in [-0.39, 0.29) is 5.41 Å². The summed E-state index contributed by atoms with van der Waals surface area (Å²) in [6, 6.07) is 15.4. The van der Waals surface area contributed by atoms with Crippen LogP contribution in [0.2, 0.25) is 0 Å². The molecule has 2 aliphatic heterocycles. The Balaban J connectivity index is 1.91. The van der Waals surface area contributed by atoms with E-state index < -0.39 is 0 Å². The summed E-state index contributed by atoms with van der Waals surface area (Å²) < 4.78 is 0. The number of likely N-dealkylation sites (N-methyl/N-ethyl adjacent to an activating group) is 1. The third-order valence-electron chi connectivity index (χ3n) is 5.09. The maximum absolute atomic E-state index is 3.79. The van der Waals surface area contributed by atoms with Gasteiger partial charge in [-0.25, -0.2) is 0 Å². The SMILES string of the molecule is Cc1cccc2c1N[C@@H]1N(C)c3ccccc3[C@]1(C)C2. The second-order valence-electron chi connectivity index (χ2n) is 6.38. The molecule has 0 radical (unpaired) electrons. The maximum atomic E-state index is 3.79. The van der Waals surface area contributed by atoms with E-state index in [1.165, 1.54) is 28.1 Å². The van der Waals surface area contributed by atoms with Crippen LogP contribution in [-0.4, -0.2) is 13.2 Å². The highest BCUT2D eigenvalue weighted by atomic mass is 15.3. The average molecular weight is 264 g/mol. The van der Waals surface area contributed by atoms with Crippen molar-refractivity contribution in [3.8, 4) is 0 Å². The lowest BCUT2D eigenvalue weighted by atomic mass is 9.74. The van der Waals surface area contributed by atoms with Crippen LogP contribution in [0.15, 0.2) is 42.5 Å². The molecule has 0 spiro atoms. The fourth-order valence-corrected chi connectivity index (χ4v) is 4.04. The van der Waals surface area contributed by atoms with E-state index >= 15 is 0 Å². The number of rotatable bonds is 0. The first-order valence-electron chi connectivity index (χ1n) is 7.28. The monoisotopic (exact) mass is 264 g/mol. The van der Waals surface area contributed by atoms with Crippen molar-refractivity contribution < 1.29 is 0 Å². The summed E-state index contributed by atoms with van der Waals surface area (Å²) in [7, 11) is 2.20. The number of nitrogens with zero attached hydrogens (tertiary/aromatic N) is 1. The summed E-state index contributed by atoms with van der Waals surface area (Å²) in [6.07, 6.45) is 1.44. The number of para-hydroxylation sites is 2. The van der Waals surface area contributed by atoms with Crippen LogP contribution in [0.25, 0.3) is 0 Å². The Morgan fingerprint density at radius 2 is 1.95 bits per heavy atom. The van der Waals surface area contributed by atoms with Gasteiger partial charge in [0.05, 0.1) is 0 Å². The number of fused-ring (bicyclic) bond motifs is 4. The van der Waals surface area contributed by atoms with Crippen molar-refractivity contribution >= 4 is 11.4 Å². The highest BCUT2D eigenvalue weighted by Crippen LogP contribution is 2.50. The normalized spacial score (nSPS) is 26.6. The quantitative estimate of drug-likeness (QED) is 0.780. The molecule has 2 heteroatoms. The summed E-state index contributed by atoms with van der Waals surface area (Å²) in [5, 5.41) is 3.79. The Morgan fingerprint density at radius 1 is 1.15 bits per heavy atom. The molecule has 2 heterocycles. The molecule has 2 atom stereocenters. The Hall–Kier alpha value is -1.96. The van der Waals surface area contributed by atoms with Crippen molar-refractivity contribution in [1.82, 2.24) is 0 Å². The van der Waals surface area contributed by atoms with Crippen molar-refractivity contribution in [3.05, 3.63) is 59.2 Å². The number of hydrogen-bond donors (Lipinski definition) is 1. The predicted octanol–water partition coefficient (Wildman–Crippen LogP) is 3.70. The Labute approximate surface area is 120 Å². The summed E-state index contributed by atoms with van der Waals surface area (Å²) >= 11 is 0. The van der Waals surface area contributed by atoms with E-state index in [0.29, 0.717) is 6.17 Å². The van der Waals surface area contributed by atoms with Crippen LogP contribution in [0.3, 0.4) is 0 Å². The maximum Gasteiger partial charge on any atom is 0.109 e. The van der Waals surface area contributed by atoms with Gasteiger partial charge in [-0.2, -0.15) is 0 Å². The lowest BCUT2D eigenvalue weighted by molar-refractivity contribution is 0.405. The van der Waals surface area contributed by atoms with Gasteiger partial charge in [-0.05, 0) is 36.1 Å². The van der Waals surface area contributed by atoms with Gasteiger partial charge in [0.1, 0.15) is 6.17 Å². The third kappa shape index (κ3) is 1.34. The van der Waals surface area contributed by atoms with E-state index in [2.05, 4.69) is 73.6 Å². The number of benzene rings is 2. The van der Waals surface area contributed by atoms with Gasteiger partial charge >= 0.3 is 0 Å². The summed E-state index contributed by atoms with van der Waals surface area (Å²) in [4.78, 5) is 2.39. The molecule has 0 saturated carbocycles. The molecule has 2 aromatic rings. The standard InChI is InChI=1S/C18H20N2/c1-12-7-6-8-13-11-18(2)14-9-4-5-10-15(14)20(3)17(18)19-16(12)13/h4-10,17,19H,11H2,1-3H3/t17-,18+/m1/s1. The van der Waals surface area contributed by atoms with E-state index in [9.17, 15) is 0 Å². The van der Waals surface area contributed by atoms with Crippen LogP contribution in [0, 0.1) is 6.92 Å². The Morgan fingerprint density at radius 3 is 2.80 bits per heavy atom. The van der Waals surface area contributed by atoms with Crippen molar-refractivity contribution in [1.29, 1.82) is 0 Å². The zero-order valence-electron chi connectivity index (χ0n) is 12.3. The molecule has 2 aliphatic rings. The number of anilines is 2. The molecule has 0 fully saturated rings. The zero-order valence-corrected chi connectivity index (χ0v) is 12.3. The van der Waals surface area contributed by atoms with Gasteiger partial charge in [-0.15, -0.1) is 0 Å². The van der Waals surface area contributed by atoms with Gasteiger partial charge in [0.15, 0.2) is 0 Å². The first-order chi connectivity index (χ1) is 9.61. The van der Waals surface area contributed by atoms with Gasteiger partial charge in [0.2, 0.25) is 0 Å². The molecule has 0 aliphatic carbocycles. The molecule has 0 unspecified atom stereocenters. The van der Waals surface area contributed by atoms with Crippen LogP contribution in [0.1, 0.15) is 23.6 Å².